The van der Waals surface area contributed by atoms with Crippen LogP contribution in [0.1, 0.15) is 0 Å². The molecule has 0 saturated heterocycles. The lowest BCUT2D eigenvalue weighted by Crippen LogP contribution is -2.10. The first kappa shape index (κ1) is 31.6. The highest BCUT2D eigenvalue weighted by Crippen LogP contribution is 2.45. The van der Waals surface area contributed by atoms with Crippen LogP contribution in [0, 0.1) is 0 Å². The molecule has 0 spiro atoms. The van der Waals surface area contributed by atoms with E-state index in [4.69, 9.17) is 4.42 Å². The molecule has 54 heavy (non-hydrogen) atoms. The second-order valence-corrected chi connectivity index (χ2v) is 13.7. The average molecular weight is 690 g/mol. The van der Waals surface area contributed by atoms with Crippen molar-refractivity contribution in [1.29, 1.82) is 0 Å². The summed E-state index contributed by atoms with van der Waals surface area (Å²) < 4.78 is 6.66. The number of hydrogen-bond acceptors (Lipinski definition) is 2. The maximum atomic E-state index is 6.66. The second kappa shape index (κ2) is 13.4. The van der Waals surface area contributed by atoms with Crippen LogP contribution in [0.4, 0.5) is 17.1 Å². The van der Waals surface area contributed by atoms with Gasteiger partial charge in [0.15, 0.2) is 0 Å². The molecule has 2 nitrogen and oxygen atoms in total. The predicted molar refractivity (Wildman–Crippen MR) is 228 cm³/mol. The molecule has 0 bridgehead atoms. The molecule has 0 fully saturated rings. The van der Waals surface area contributed by atoms with Crippen LogP contribution >= 0.6 is 0 Å². The van der Waals surface area contributed by atoms with E-state index in [0.717, 1.165) is 55.5 Å². The fourth-order valence-electron chi connectivity index (χ4n) is 7.86. The molecule has 0 saturated carbocycles. The van der Waals surface area contributed by atoms with Gasteiger partial charge in [-0.2, -0.15) is 0 Å². The number of furan rings is 1. The third-order valence-corrected chi connectivity index (χ3v) is 10.5. The summed E-state index contributed by atoms with van der Waals surface area (Å²) in [6.45, 7) is 0. The normalized spacial score (nSPS) is 11.3. The van der Waals surface area contributed by atoms with Crippen molar-refractivity contribution in [2.75, 3.05) is 4.90 Å². The zero-order chi connectivity index (χ0) is 35.8. The summed E-state index contributed by atoms with van der Waals surface area (Å²) >= 11 is 0. The molecule has 9 aromatic carbocycles. The Kier molecular flexibility index (Phi) is 7.85. The largest absolute Gasteiger partial charge is 0.455 e. The van der Waals surface area contributed by atoms with Crippen molar-refractivity contribution in [2.45, 2.75) is 0 Å². The van der Waals surface area contributed by atoms with Gasteiger partial charge in [-0.25, -0.2) is 0 Å². The number of benzene rings is 9. The number of nitrogens with zero attached hydrogens (tertiary/aromatic N) is 1. The van der Waals surface area contributed by atoms with Gasteiger partial charge >= 0.3 is 0 Å². The molecule has 0 unspecified atom stereocenters. The van der Waals surface area contributed by atoms with Crippen molar-refractivity contribution in [3.63, 3.8) is 0 Å². The smallest absolute Gasteiger partial charge is 0.143 e. The summed E-state index contributed by atoms with van der Waals surface area (Å²) in [5.74, 6) is 0. The van der Waals surface area contributed by atoms with Crippen molar-refractivity contribution in [1.82, 2.24) is 0 Å². The molecule has 2 heteroatoms. The molecule has 0 N–H and O–H groups in total. The first-order valence-electron chi connectivity index (χ1n) is 18.4. The van der Waals surface area contributed by atoms with Crippen molar-refractivity contribution in [3.8, 4) is 44.5 Å². The van der Waals surface area contributed by atoms with Crippen LogP contribution in [0.15, 0.2) is 217 Å². The molecular formula is C52H35NO. The van der Waals surface area contributed by atoms with E-state index < -0.39 is 0 Å². The first-order chi connectivity index (χ1) is 26.8. The van der Waals surface area contributed by atoms with Gasteiger partial charge in [0.25, 0.3) is 0 Å². The molecule has 0 aliphatic rings. The fourth-order valence-corrected chi connectivity index (χ4v) is 7.86. The van der Waals surface area contributed by atoms with Gasteiger partial charge in [0.1, 0.15) is 11.2 Å². The van der Waals surface area contributed by atoms with Crippen LogP contribution in [0.25, 0.3) is 77.2 Å². The van der Waals surface area contributed by atoms with Gasteiger partial charge in [0, 0.05) is 22.1 Å². The van der Waals surface area contributed by atoms with Crippen LogP contribution < -0.4 is 4.90 Å². The van der Waals surface area contributed by atoms with E-state index in [1.165, 1.54) is 38.8 Å². The van der Waals surface area contributed by atoms with Gasteiger partial charge in [-0.1, -0.05) is 164 Å². The first-order valence-corrected chi connectivity index (χ1v) is 18.4. The van der Waals surface area contributed by atoms with Crippen molar-refractivity contribution in [2.24, 2.45) is 0 Å². The van der Waals surface area contributed by atoms with E-state index in [0.29, 0.717) is 0 Å². The number of hydrogen-bond donors (Lipinski definition) is 0. The molecule has 0 amide bonds. The molecule has 10 aromatic rings. The van der Waals surface area contributed by atoms with E-state index in [1.54, 1.807) is 0 Å². The maximum absolute atomic E-state index is 6.66. The van der Waals surface area contributed by atoms with Gasteiger partial charge < -0.3 is 9.32 Å². The average Bonchev–Trinajstić information content (AvgIpc) is 3.65. The minimum absolute atomic E-state index is 0.867. The summed E-state index contributed by atoms with van der Waals surface area (Å²) in [5, 5.41) is 4.48. The Labute approximate surface area is 314 Å². The Morgan fingerprint density at radius 2 is 0.926 bits per heavy atom. The Morgan fingerprint density at radius 1 is 0.333 bits per heavy atom. The molecule has 254 valence electrons. The van der Waals surface area contributed by atoms with E-state index in [9.17, 15) is 0 Å². The summed E-state index contributed by atoms with van der Waals surface area (Å²) in [6.07, 6.45) is 0. The topological polar surface area (TPSA) is 16.4 Å². The van der Waals surface area contributed by atoms with Crippen molar-refractivity contribution in [3.05, 3.63) is 212 Å². The molecule has 1 aromatic heterocycles. The summed E-state index contributed by atoms with van der Waals surface area (Å²) in [5.41, 5.74) is 14.5. The highest BCUT2D eigenvalue weighted by Gasteiger charge is 2.21. The van der Waals surface area contributed by atoms with Crippen LogP contribution in [-0.4, -0.2) is 0 Å². The number of rotatable bonds is 7. The van der Waals surface area contributed by atoms with Gasteiger partial charge in [0.05, 0.1) is 11.1 Å². The quantitative estimate of drug-likeness (QED) is 0.166. The zero-order valence-corrected chi connectivity index (χ0v) is 29.6. The third-order valence-electron chi connectivity index (χ3n) is 10.5. The maximum Gasteiger partial charge on any atom is 0.143 e. The standard InChI is InChI=1S/C52H35NO/c1-4-14-36(15-5-1)41-21-12-22-44(34-41)53(49-24-13-25-50-51(49)47-33-28-40-20-10-11-23-46(40)52(47)54-50)43-30-26-37(27-31-43)42-29-32-45(38-16-6-2-7-17-38)48(35-42)39-18-8-3-9-19-39/h1-35H. The van der Waals surface area contributed by atoms with Gasteiger partial charge in [-0.3, -0.25) is 0 Å². The minimum atomic E-state index is 0.867. The third kappa shape index (κ3) is 5.62. The number of fused-ring (bicyclic) bond motifs is 5. The van der Waals surface area contributed by atoms with E-state index in [-0.39, 0.29) is 0 Å². The second-order valence-electron chi connectivity index (χ2n) is 13.7. The van der Waals surface area contributed by atoms with Gasteiger partial charge in [0.2, 0.25) is 0 Å². The van der Waals surface area contributed by atoms with Gasteiger partial charge in [-0.15, -0.1) is 0 Å². The molecular weight excluding hydrogens is 655 g/mol. The Morgan fingerprint density at radius 3 is 1.69 bits per heavy atom. The summed E-state index contributed by atoms with van der Waals surface area (Å²) in [6, 6.07) is 75.8. The lowest BCUT2D eigenvalue weighted by atomic mass is 9.91. The van der Waals surface area contributed by atoms with Crippen LogP contribution in [0.2, 0.25) is 0 Å². The molecule has 0 aliphatic heterocycles. The Hall–Kier alpha value is -7.16. The highest BCUT2D eigenvalue weighted by atomic mass is 16.3. The molecule has 0 atom stereocenters. The molecule has 0 aliphatic carbocycles. The van der Waals surface area contributed by atoms with Crippen molar-refractivity contribution >= 4 is 49.8 Å². The lowest BCUT2D eigenvalue weighted by molar-refractivity contribution is 0.672. The summed E-state index contributed by atoms with van der Waals surface area (Å²) in [7, 11) is 0. The van der Waals surface area contributed by atoms with Crippen LogP contribution in [0.3, 0.4) is 0 Å². The van der Waals surface area contributed by atoms with Crippen LogP contribution in [-0.2, 0) is 0 Å². The predicted octanol–water partition coefficient (Wildman–Crippen LogP) is 14.9. The molecule has 1 heterocycles. The number of anilines is 3. The molecule has 0 radical (unpaired) electrons. The summed E-state index contributed by atoms with van der Waals surface area (Å²) in [4.78, 5) is 2.37. The Bertz CT molecular complexity index is 2910. The lowest BCUT2D eigenvalue weighted by Gasteiger charge is -2.27. The minimum Gasteiger partial charge on any atom is -0.455 e. The zero-order valence-electron chi connectivity index (χ0n) is 29.6. The highest BCUT2D eigenvalue weighted by molar-refractivity contribution is 6.19. The Balaban J connectivity index is 1.13. The van der Waals surface area contributed by atoms with E-state index in [2.05, 4.69) is 217 Å². The van der Waals surface area contributed by atoms with Gasteiger partial charge in [-0.05, 0) is 98.4 Å². The SMILES string of the molecule is c1ccc(-c2cccc(N(c3ccc(-c4ccc(-c5ccccc5)c(-c5ccccc5)c4)cc3)c3cccc4oc5c6ccccc6ccc5c34)c2)cc1. The van der Waals surface area contributed by atoms with E-state index in [1.807, 2.05) is 0 Å². The van der Waals surface area contributed by atoms with Crippen molar-refractivity contribution < 1.29 is 4.42 Å². The monoisotopic (exact) mass is 689 g/mol. The fraction of sp³-hybridized carbons (Fsp3) is 0. The van der Waals surface area contributed by atoms with E-state index >= 15 is 0 Å². The van der Waals surface area contributed by atoms with Crippen LogP contribution in [0.5, 0.6) is 0 Å². The molecule has 10 rings (SSSR count).